The van der Waals surface area contributed by atoms with E-state index >= 15 is 0 Å². The molecule has 0 spiro atoms. The van der Waals surface area contributed by atoms with Crippen molar-refractivity contribution in [3.8, 4) is 17.3 Å². The van der Waals surface area contributed by atoms with Gasteiger partial charge in [0.2, 0.25) is 5.88 Å². The molecule has 0 radical (unpaired) electrons. The summed E-state index contributed by atoms with van der Waals surface area (Å²) < 4.78 is 9.51. The highest BCUT2D eigenvalue weighted by Gasteiger charge is 2.19. The number of hydrogen-bond acceptors (Lipinski definition) is 6. The second-order valence-corrected chi connectivity index (χ2v) is 6.98. The summed E-state index contributed by atoms with van der Waals surface area (Å²) in [4.78, 5) is 13.0. The molecule has 0 aliphatic carbocycles. The van der Waals surface area contributed by atoms with E-state index < -0.39 is 0 Å². The van der Waals surface area contributed by atoms with Gasteiger partial charge in [-0.25, -0.2) is 9.36 Å². The number of imidazole rings is 1. The lowest BCUT2D eigenvalue weighted by Crippen LogP contribution is -2.24. The number of hydrogen-bond donors (Lipinski definition) is 2. The van der Waals surface area contributed by atoms with Crippen LogP contribution in [-0.4, -0.2) is 34.3 Å². The third-order valence-electron chi connectivity index (χ3n) is 4.99. The molecule has 0 saturated carbocycles. The molecule has 0 fully saturated rings. The molecule has 1 aromatic carbocycles. The van der Waals surface area contributed by atoms with E-state index in [9.17, 15) is 15.0 Å². The minimum absolute atomic E-state index is 0.123. The SMILES string of the molecule is Cc1noc(C)c1Cn1cc(-n2c(O)c(C)n(Cc3cccc(O)c3)c2=O)cn1. The van der Waals surface area contributed by atoms with Crippen LogP contribution in [0.3, 0.4) is 0 Å². The van der Waals surface area contributed by atoms with Crippen molar-refractivity contribution in [3.05, 3.63) is 75.4 Å². The van der Waals surface area contributed by atoms with E-state index in [2.05, 4.69) is 10.3 Å². The maximum absolute atomic E-state index is 13.0. The molecule has 0 aliphatic heterocycles. The largest absolute Gasteiger partial charge is 0.508 e. The van der Waals surface area contributed by atoms with Gasteiger partial charge in [0.1, 0.15) is 11.5 Å². The first-order chi connectivity index (χ1) is 13.8. The van der Waals surface area contributed by atoms with Gasteiger partial charge >= 0.3 is 5.69 Å². The Morgan fingerprint density at radius 1 is 1.14 bits per heavy atom. The van der Waals surface area contributed by atoms with Gasteiger partial charge in [-0.2, -0.15) is 5.10 Å². The first-order valence-corrected chi connectivity index (χ1v) is 9.08. The standard InChI is InChI=1S/C20H21N5O4/c1-12-18(14(3)29-22-12)11-23-10-16(8-21-23)25-19(27)13(2)24(20(25)28)9-15-5-4-6-17(26)7-15/h4-8,10,26-27H,9,11H2,1-3H3. The molecule has 0 saturated heterocycles. The molecule has 3 aromatic heterocycles. The predicted molar refractivity (Wildman–Crippen MR) is 105 cm³/mol. The maximum Gasteiger partial charge on any atom is 0.336 e. The van der Waals surface area contributed by atoms with Crippen molar-refractivity contribution < 1.29 is 14.7 Å². The van der Waals surface area contributed by atoms with E-state index in [1.54, 1.807) is 36.0 Å². The molecule has 0 aliphatic rings. The first-order valence-electron chi connectivity index (χ1n) is 9.08. The molecule has 0 bridgehead atoms. The highest BCUT2D eigenvalue weighted by atomic mass is 16.5. The minimum Gasteiger partial charge on any atom is -0.508 e. The molecule has 9 heteroatoms. The first kappa shape index (κ1) is 18.6. The van der Waals surface area contributed by atoms with Crippen LogP contribution in [0.2, 0.25) is 0 Å². The van der Waals surface area contributed by atoms with Gasteiger partial charge in [0.05, 0.1) is 36.4 Å². The number of phenolic OH excluding ortho intramolecular Hbond substituents is 1. The second-order valence-electron chi connectivity index (χ2n) is 6.98. The van der Waals surface area contributed by atoms with Gasteiger partial charge in [0.15, 0.2) is 0 Å². The summed E-state index contributed by atoms with van der Waals surface area (Å²) in [5, 5.41) is 28.5. The van der Waals surface area contributed by atoms with Crippen molar-refractivity contribution in [1.82, 2.24) is 24.1 Å². The Hall–Kier alpha value is -3.75. The normalized spacial score (nSPS) is 11.3. The summed E-state index contributed by atoms with van der Waals surface area (Å²) in [6.45, 7) is 6.04. The third-order valence-corrected chi connectivity index (χ3v) is 4.99. The van der Waals surface area contributed by atoms with Crippen LogP contribution in [0.5, 0.6) is 11.6 Å². The average molecular weight is 395 g/mol. The molecule has 0 atom stereocenters. The zero-order valence-corrected chi connectivity index (χ0v) is 16.3. The Bertz CT molecular complexity index is 1220. The molecule has 0 amide bonds. The van der Waals surface area contributed by atoms with E-state index in [0.717, 1.165) is 16.8 Å². The van der Waals surface area contributed by atoms with Crippen LogP contribution < -0.4 is 5.69 Å². The average Bonchev–Trinajstić information content (AvgIpc) is 3.32. The minimum atomic E-state index is -0.389. The Kier molecular flexibility index (Phi) is 4.50. The number of aromatic hydroxyl groups is 2. The zero-order chi connectivity index (χ0) is 20.7. The highest BCUT2D eigenvalue weighted by Crippen LogP contribution is 2.22. The summed E-state index contributed by atoms with van der Waals surface area (Å²) in [6.07, 6.45) is 3.21. The molecule has 2 N–H and O–H groups in total. The Labute approximate surface area is 166 Å². The van der Waals surface area contributed by atoms with E-state index in [1.165, 1.54) is 15.3 Å². The number of aromatic nitrogens is 5. The number of phenols is 1. The zero-order valence-electron chi connectivity index (χ0n) is 16.3. The molecule has 150 valence electrons. The molecule has 4 aromatic rings. The fourth-order valence-corrected chi connectivity index (χ4v) is 3.34. The van der Waals surface area contributed by atoms with Crippen molar-refractivity contribution in [2.75, 3.05) is 0 Å². The lowest BCUT2D eigenvalue weighted by Gasteiger charge is -2.04. The lowest BCUT2D eigenvalue weighted by atomic mass is 10.2. The lowest BCUT2D eigenvalue weighted by molar-refractivity contribution is 0.391. The van der Waals surface area contributed by atoms with Gasteiger partial charge in [-0.15, -0.1) is 0 Å². The van der Waals surface area contributed by atoms with Gasteiger partial charge in [0.25, 0.3) is 0 Å². The fraction of sp³-hybridized carbons (Fsp3) is 0.250. The van der Waals surface area contributed by atoms with Crippen LogP contribution in [0.1, 0.15) is 28.3 Å². The van der Waals surface area contributed by atoms with Gasteiger partial charge < -0.3 is 14.7 Å². The molecule has 0 unspecified atom stereocenters. The summed E-state index contributed by atoms with van der Waals surface area (Å²) in [6, 6.07) is 6.67. The smallest absolute Gasteiger partial charge is 0.336 e. The molecular weight excluding hydrogens is 374 g/mol. The highest BCUT2D eigenvalue weighted by molar-refractivity contribution is 5.36. The van der Waals surface area contributed by atoms with Gasteiger partial charge in [-0.3, -0.25) is 9.25 Å². The van der Waals surface area contributed by atoms with Crippen molar-refractivity contribution in [2.45, 2.75) is 33.9 Å². The second kappa shape index (κ2) is 7.01. The van der Waals surface area contributed by atoms with Gasteiger partial charge in [-0.05, 0) is 38.5 Å². The van der Waals surface area contributed by atoms with E-state index in [-0.39, 0.29) is 23.9 Å². The monoisotopic (exact) mass is 395 g/mol. The number of nitrogens with zero attached hydrogens (tertiary/aromatic N) is 5. The summed E-state index contributed by atoms with van der Waals surface area (Å²) in [7, 11) is 0. The quantitative estimate of drug-likeness (QED) is 0.536. The van der Waals surface area contributed by atoms with Gasteiger partial charge in [-0.1, -0.05) is 17.3 Å². The van der Waals surface area contributed by atoms with Crippen LogP contribution in [0, 0.1) is 20.8 Å². The van der Waals surface area contributed by atoms with Crippen molar-refractivity contribution in [1.29, 1.82) is 0 Å². The topological polar surface area (TPSA) is 111 Å². The summed E-state index contributed by atoms with van der Waals surface area (Å²) in [5.74, 6) is 0.692. The number of benzene rings is 1. The number of rotatable bonds is 5. The Morgan fingerprint density at radius 2 is 1.93 bits per heavy atom. The van der Waals surface area contributed by atoms with Crippen molar-refractivity contribution >= 4 is 0 Å². The summed E-state index contributed by atoms with van der Waals surface area (Å²) in [5.41, 5.74) is 2.96. The van der Waals surface area contributed by atoms with E-state index in [1.807, 2.05) is 19.9 Å². The van der Waals surface area contributed by atoms with E-state index in [4.69, 9.17) is 4.52 Å². The maximum atomic E-state index is 13.0. The fourth-order valence-electron chi connectivity index (χ4n) is 3.34. The number of aryl methyl sites for hydroxylation is 2. The van der Waals surface area contributed by atoms with Gasteiger partial charge in [0, 0.05) is 11.8 Å². The van der Waals surface area contributed by atoms with Crippen LogP contribution in [0.15, 0.2) is 46.0 Å². The van der Waals surface area contributed by atoms with Crippen molar-refractivity contribution in [2.24, 2.45) is 0 Å². The van der Waals surface area contributed by atoms with E-state index in [0.29, 0.717) is 23.7 Å². The molecular formula is C20H21N5O4. The molecule has 3 heterocycles. The van der Waals surface area contributed by atoms with Crippen molar-refractivity contribution in [3.63, 3.8) is 0 Å². The molecule has 4 rings (SSSR count). The Morgan fingerprint density at radius 3 is 2.62 bits per heavy atom. The molecule has 9 nitrogen and oxygen atoms in total. The predicted octanol–water partition coefficient (Wildman–Crippen LogP) is 2.26. The van der Waals surface area contributed by atoms with Crippen LogP contribution in [-0.2, 0) is 13.1 Å². The molecule has 29 heavy (non-hydrogen) atoms. The van der Waals surface area contributed by atoms with Crippen LogP contribution in [0.25, 0.3) is 5.69 Å². The van der Waals surface area contributed by atoms with Crippen LogP contribution in [0.4, 0.5) is 0 Å². The summed E-state index contributed by atoms with van der Waals surface area (Å²) >= 11 is 0. The Balaban J connectivity index is 1.68. The van der Waals surface area contributed by atoms with Crippen LogP contribution >= 0.6 is 0 Å². The third kappa shape index (κ3) is 3.31.